The number of rotatable bonds is 4. The number of thiophene rings is 2. The van der Waals surface area contributed by atoms with E-state index in [1.165, 1.54) is 67.8 Å². The summed E-state index contributed by atoms with van der Waals surface area (Å²) in [5.74, 6) is 2.01. The lowest BCUT2D eigenvalue weighted by molar-refractivity contribution is 1.07. The van der Waals surface area contributed by atoms with Crippen LogP contribution in [0.2, 0.25) is 0 Å². The molecule has 7 aromatic carbocycles. The quantitative estimate of drug-likeness (QED) is 0.185. The van der Waals surface area contributed by atoms with E-state index in [0.29, 0.717) is 17.5 Å². The minimum atomic E-state index is 0.669. The van der Waals surface area contributed by atoms with Crippen molar-refractivity contribution >= 4 is 84.8 Å². The summed E-state index contributed by atoms with van der Waals surface area (Å²) < 4.78 is 7.54. The van der Waals surface area contributed by atoms with Crippen molar-refractivity contribution in [3.8, 4) is 39.9 Å². The Kier molecular flexibility index (Phi) is 6.26. The second-order valence-electron chi connectivity index (χ2n) is 12.8. The Morgan fingerprint density at radius 2 is 0.922 bits per heavy atom. The molecule has 4 aromatic heterocycles. The van der Waals surface area contributed by atoms with Crippen molar-refractivity contribution in [1.82, 2.24) is 19.5 Å². The van der Waals surface area contributed by atoms with Gasteiger partial charge >= 0.3 is 0 Å². The number of hydrogen-bond acceptors (Lipinski definition) is 5. The smallest absolute Gasteiger partial charge is 0.164 e. The molecule has 4 heterocycles. The van der Waals surface area contributed by atoms with Crippen molar-refractivity contribution < 1.29 is 0 Å². The molecule has 0 N–H and O–H groups in total. The highest BCUT2D eigenvalue weighted by Gasteiger charge is 2.18. The topological polar surface area (TPSA) is 43.6 Å². The second-order valence-corrected chi connectivity index (χ2v) is 15.0. The van der Waals surface area contributed by atoms with Crippen LogP contribution in [0.5, 0.6) is 0 Å². The molecule has 11 rings (SSSR count). The van der Waals surface area contributed by atoms with E-state index in [0.717, 1.165) is 16.7 Å². The first kappa shape index (κ1) is 28.6. The second kappa shape index (κ2) is 11.2. The maximum absolute atomic E-state index is 4.99. The molecule has 4 nitrogen and oxygen atoms in total. The average molecular weight is 687 g/mol. The Morgan fingerprint density at radius 1 is 0.373 bits per heavy atom. The van der Waals surface area contributed by atoms with E-state index in [2.05, 4.69) is 102 Å². The summed E-state index contributed by atoms with van der Waals surface area (Å²) in [5, 5.41) is 7.73. The SMILES string of the molecule is c1ccc(-c2nc(-c3ccccc3)nc(-c3ccc4c(c3)sc3c4ccc4sc5cc(-n6c7ccccc7c7ccccc76)ccc5c43)n2)cc1. The molecule has 0 unspecified atom stereocenters. The van der Waals surface area contributed by atoms with Gasteiger partial charge in [0, 0.05) is 73.5 Å². The molecule has 0 atom stereocenters. The molecule has 0 radical (unpaired) electrons. The Morgan fingerprint density at radius 3 is 1.59 bits per heavy atom. The van der Waals surface area contributed by atoms with Gasteiger partial charge in [-0.3, -0.25) is 0 Å². The third kappa shape index (κ3) is 4.47. The van der Waals surface area contributed by atoms with Crippen LogP contribution in [-0.2, 0) is 0 Å². The molecule has 6 heteroatoms. The van der Waals surface area contributed by atoms with Gasteiger partial charge in [0.2, 0.25) is 0 Å². The standard InChI is InChI=1S/C45H26N4S2/c1-3-11-27(12-4-1)43-46-44(28-13-5-2-6-14-28)48-45(47-43)29-19-21-33-34-23-24-38-41(42(34)51-39(33)25-29)35-22-20-30(26-40(35)50-38)49-36-17-9-7-15-31(36)32-16-8-10-18-37(32)49/h1-26H. The molecule has 0 aliphatic rings. The van der Waals surface area contributed by atoms with Crippen molar-refractivity contribution in [2.75, 3.05) is 0 Å². The third-order valence-corrected chi connectivity index (χ3v) is 12.2. The first-order valence-corrected chi connectivity index (χ1v) is 18.6. The maximum atomic E-state index is 4.99. The molecule has 0 fully saturated rings. The Bertz CT molecular complexity index is 3030. The van der Waals surface area contributed by atoms with Crippen molar-refractivity contribution in [2.24, 2.45) is 0 Å². The number of nitrogens with zero attached hydrogens (tertiary/aromatic N) is 4. The van der Waals surface area contributed by atoms with Crippen LogP contribution in [0.4, 0.5) is 0 Å². The highest BCUT2D eigenvalue weighted by molar-refractivity contribution is 7.29. The van der Waals surface area contributed by atoms with E-state index in [-0.39, 0.29) is 0 Å². The first-order chi connectivity index (χ1) is 25.3. The van der Waals surface area contributed by atoms with Gasteiger partial charge in [-0.05, 0) is 36.4 Å². The minimum absolute atomic E-state index is 0.669. The van der Waals surface area contributed by atoms with Crippen LogP contribution in [0.25, 0.3) is 102 Å². The molecule has 0 amide bonds. The fraction of sp³-hybridized carbons (Fsp3) is 0. The fourth-order valence-corrected chi connectivity index (χ4v) is 10.0. The Hall–Kier alpha value is -6.21. The van der Waals surface area contributed by atoms with Crippen molar-refractivity contribution in [1.29, 1.82) is 0 Å². The van der Waals surface area contributed by atoms with Gasteiger partial charge in [-0.2, -0.15) is 0 Å². The molecule has 0 bridgehead atoms. The van der Waals surface area contributed by atoms with Gasteiger partial charge < -0.3 is 4.57 Å². The predicted molar refractivity (Wildman–Crippen MR) is 216 cm³/mol. The van der Waals surface area contributed by atoms with Crippen molar-refractivity contribution in [3.05, 3.63) is 158 Å². The van der Waals surface area contributed by atoms with Gasteiger partial charge in [0.25, 0.3) is 0 Å². The zero-order valence-electron chi connectivity index (χ0n) is 27.1. The summed E-state index contributed by atoms with van der Waals surface area (Å²) in [4.78, 5) is 14.9. The van der Waals surface area contributed by atoms with E-state index in [4.69, 9.17) is 15.0 Å². The van der Waals surface area contributed by atoms with Gasteiger partial charge in [-0.15, -0.1) is 22.7 Å². The van der Waals surface area contributed by atoms with Gasteiger partial charge in [-0.1, -0.05) is 121 Å². The van der Waals surface area contributed by atoms with Crippen molar-refractivity contribution in [2.45, 2.75) is 0 Å². The van der Waals surface area contributed by atoms with E-state index in [9.17, 15) is 0 Å². The highest BCUT2D eigenvalue weighted by Crippen LogP contribution is 2.46. The lowest BCUT2D eigenvalue weighted by Crippen LogP contribution is -1.99. The number of benzene rings is 7. The number of hydrogen-bond donors (Lipinski definition) is 0. The number of aromatic nitrogens is 4. The largest absolute Gasteiger partial charge is 0.309 e. The maximum Gasteiger partial charge on any atom is 0.164 e. The molecule has 0 spiro atoms. The van der Waals surface area contributed by atoms with Crippen LogP contribution >= 0.6 is 22.7 Å². The summed E-state index contributed by atoms with van der Waals surface area (Å²) >= 11 is 3.73. The summed E-state index contributed by atoms with van der Waals surface area (Å²) in [6, 6.07) is 55.9. The third-order valence-electron chi connectivity index (χ3n) is 9.85. The molecule has 51 heavy (non-hydrogen) atoms. The molecule has 0 saturated heterocycles. The molecule has 0 aliphatic heterocycles. The van der Waals surface area contributed by atoms with Gasteiger partial charge in [0.05, 0.1) is 11.0 Å². The van der Waals surface area contributed by atoms with Gasteiger partial charge in [0.15, 0.2) is 17.5 Å². The number of fused-ring (bicyclic) bond motifs is 10. The predicted octanol–water partition coefficient (Wildman–Crippen LogP) is 12.7. The van der Waals surface area contributed by atoms with Gasteiger partial charge in [0.1, 0.15) is 0 Å². The summed E-state index contributed by atoms with van der Waals surface area (Å²) in [7, 11) is 0. The molecular weight excluding hydrogens is 661 g/mol. The Balaban J connectivity index is 1.07. The lowest BCUT2D eigenvalue weighted by Gasteiger charge is -2.08. The molecule has 0 aliphatic carbocycles. The van der Waals surface area contributed by atoms with Crippen LogP contribution in [0.1, 0.15) is 0 Å². The molecule has 238 valence electrons. The van der Waals surface area contributed by atoms with Gasteiger partial charge in [-0.25, -0.2) is 15.0 Å². The summed E-state index contributed by atoms with van der Waals surface area (Å²) in [5.41, 5.74) is 6.56. The molecule has 11 aromatic rings. The van der Waals surface area contributed by atoms with Crippen LogP contribution in [0, 0.1) is 0 Å². The molecular formula is C45H26N4S2. The molecule has 0 saturated carbocycles. The zero-order valence-corrected chi connectivity index (χ0v) is 28.7. The minimum Gasteiger partial charge on any atom is -0.309 e. The van der Waals surface area contributed by atoms with Crippen molar-refractivity contribution in [3.63, 3.8) is 0 Å². The van der Waals surface area contributed by atoms with Crippen LogP contribution in [0.3, 0.4) is 0 Å². The summed E-state index contributed by atoms with van der Waals surface area (Å²) in [6.07, 6.45) is 0. The van der Waals surface area contributed by atoms with E-state index < -0.39 is 0 Å². The normalized spacial score (nSPS) is 11.9. The van der Waals surface area contributed by atoms with Crippen LogP contribution in [0.15, 0.2) is 158 Å². The van der Waals surface area contributed by atoms with E-state index in [1.807, 2.05) is 83.3 Å². The monoisotopic (exact) mass is 686 g/mol. The first-order valence-electron chi connectivity index (χ1n) is 16.9. The Labute approximate surface area is 300 Å². The zero-order chi connectivity index (χ0) is 33.5. The lowest BCUT2D eigenvalue weighted by atomic mass is 10.1. The average Bonchev–Trinajstić information content (AvgIpc) is 3.87. The van der Waals surface area contributed by atoms with E-state index in [1.54, 1.807) is 0 Å². The number of para-hydroxylation sites is 2. The van der Waals surface area contributed by atoms with E-state index >= 15 is 0 Å². The van der Waals surface area contributed by atoms with Crippen LogP contribution < -0.4 is 0 Å². The fourth-order valence-electron chi connectivity index (χ4n) is 7.50. The summed E-state index contributed by atoms with van der Waals surface area (Å²) in [6.45, 7) is 0. The highest BCUT2D eigenvalue weighted by atomic mass is 32.1. The van der Waals surface area contributed by atoms with Crippen LogP contribution in [-0.4, -0.2) is 19.5 Å².